The largest absolute Gasteiger partial charge is 0.481 e. The second-order valence-corrected chi connectivity index (χ2v) is 4.49. The zero-order valence-corrected chi connectivity index (χ0v) is 10.6. The molecule has 2 heterocycles. The van der Waals surface area contributed by atoms with Crippen LogP contribution < -0.4 is 10.1 Å². The van der Waals surface area contributed by atoms with Gasteiger partial charge < -0.3 is 15.0 Å². The molecule has 1 N–H and O–H groups in total. The minimum Gasteiger partial charge on any atom is -0.481 e. The fourth-order valence-corrected chi connectivity index (χ4v) is 2.24. The van der Waals surface area contributed by atoms with Gasteiger partial charge in [-0.2, -0.15) is 4.98 Å². The second-order valence-electron chi connectivity index (χ2n) is 4.49. The van der Waals surface area contributed by atoms with E-state index in [2.05, 4.69) is 22.1 Å². The molecule has 1 unspecified atom stereocenters. The number of nitrogens with one attached hydrogen (secondary N) is 1. The third kappa shape index (κ3) is 3.33. The van der Waals surface area contributed by atoms with Crippen molar-refractivity contribution in [1.82, 2.24) is 9.88 Å². The van der Waals surface area contributed by atoms with Gasteiger partial charge in [0.05, 0.1) is 7.11 Å². The van der Waals surface area contributed by atoms with Gasteiger partial charge in [-0.15, -0.1) is 0 Å². The summed E-state index contributed by atoms with van der Waals surface area (Å²) in [6.07, 6.45) is 1.28. The molecule has 1 saturated heterocycles. The lowest BCUT2D eigenvalue weighted by molar-refractivity contribution is 0.345. The Hall–Kier alpha value is -1.29. The Morgan fingerprint density at radius 3 is 3.12 bits per heavy atom. The zero-order valence-electron chi connectivity index (χ0n) is 10.6. The molecule has 1 aliphatic heterocycles. The van der Waals surface area contributed by atoms with Crippen LogP contribution in [0, 0.1) is 5.92 Å². The number of rotatable bonds is 5. The van der Waals surface area contributed by atoms with E-state index in [0.29, 0.717) is 5.88 Å². The highest BCUT2D eigenvalue weighted by atomic mass is 16.5. The normalized spacial score (nSPS) is 20.5. The van der Waals surface area contributed by atoms with Gasteiger partial charge in [0.2, 0.25) is 5.88 Å². The van der Waals surface area contributed by atoms with E-state index in [1.807, 2.05) is 18.2 Å². The number of ether oxygens (including phenoxy) is 1. The Balaban J connectivity index is 1.81. The average molecular weight is 235 g/mol. The van der Waals surface area contributed by atoms with Crippen molar-refractivity contribution >= 4 is 5.82 Å². The van der Waals surface area contributed by atoms with E-state index in [4.69, 9.17) is 4.74 Å². The lowest BCUT2D eigenvalue weighted by Crippen LogP contribution is -2.22. The van der Waals surface area contributed by atoms with Gasteiger partial charge in [-0.05, 0) is 31.5 Å². The molecule has 0 aromatic carbocycles. The molecule has 94 valence electrons. The van der Waals surface area contributed by atoms with Crippen molar-refractivity contribution in [3.8, 4) is 5.88 Å². The summed E-state index contributed by atoms with van der Waals surface area (Å²) in [5, 5.41) is 3.39. The highest BCUT2D eigenvalue weighted by Gasteiger charge is 2.20. The van der Waals surface area contributed by atoms with E-state index in [-0.39, 0.29) is 0 Å². The third-order valence-corrected chi connectivity index (χ3v) is 3.32. The van der Waals surface area contributed by atoms with E-state index in [9.17, 15) is 0 Å². The molecular weight excluding hydrogens is 214 g/mol. The molecule has 2 rings (SSSR count). The lowest BCUT2D eigenvalue weighted by atomic mass is 10.1. The quantitative estimate of drug-likeness (QED) is 0.845. The van der Waals surface area contributed by atoms with Crippen LogP contribution in [0.4, 0.5) is 5.82 Å². The number of hydrogen-bond acceptors (Lipinski definition) is 4. The molecule has 1 aliphatic rings. The predicted octanol–water partition coefficient (Wildman–Crippen LogP) is 1.84. The first kappa shape index (κ1) is 12.2. The molecule has 4 heteroatoms. The molecule has 0 aliphatic carbocycles. The summed E-state index contributed by atoms with van der Waals surface area (Å²) in [6, 6.07) is 5.80. The number of nitrogens with zero attached hydrogens (tertiary/aromatic N) is 2. The number of anilines is 1. The van der Waals surface area contributed by atoms with Crippen molar-refractivity contribution in [3.63, 3.8) is 0 Å². The minimum absolute atomic E-state index is 0.664. The second kappa shape index (κ2) is 5.87. The summed E-state index contributed by atoms with van der Waals surface area (Å²) >= 11 is 0. The lowest BCUT2D eigenvalue weighted by Gasteiger charge is -2.14. The van der Waals surface area contributed by atoms with Crippen molar-refractivity contribution in [2.45, 2.75) is 13.3 Å². The molecule has 0 spiro atoms. The molecule has 1 atom stereocenters. The van der Waals surface area contributed by atoms with Crippen LogP contribution in [0.3, 0.4) is 0 Å². The van der Waals surface area contributed by atoms with Crippen LogP contribution in [-0.4, -0.2) is 43.2 Å². The van der Waals surface area contributed by atoms with Crippen LogP contribution >= 0.6 is 0 Å². The molecule has 1 aromatic heterocycles. The summed E-state index contributed by atoms with van der Waals surface area (Å²) in [4.78, 5) is 6.84. The third-order valence-electron chi connectivity index (χ3n) is 3.32. The van der Waals surface area contributed by atoms with E-state index in [0.717, 1.165) is 24.8 Å². The van der Waals surface area contributed by atoms with Crippen LogP contribution in [0.25, 0.3) is 0 Å². The maximum absolute atomic E-state index is 5.10. The van der Waals surface area contributed by atoms with Crippen molar-refractivity contribution in [1.29, 1.82) is 0 Å². The Kier molecular flexibility index (Phi) is 4.20. The molecule has 0 radical (unpaired) electrons. The monoisotopic (exact) mass is 235 g/mol. The van der Waals surface area contributed by atoms with Crippen molar-refractivity contribution in [3.05, 3.63) is 18.2 Å². The van der Waals surface area contributed by atoms with Crippen molar-refractivity contribution in [2.75, 3.05) is 38.6 Å². The average Bonchev–Trinajstić information content (AvgIpc) is 2.84. The molecule has 1 aromatic rings. The van der Waals surface area contributed by atoms with Gasteiger partial charge in [-0.3, -0.25) is 0 Å². The molecule has 0 bridgehead atoms. The van der Waals surface area contributed by atoms with E-state index < -0.39 is 0 Å². The first-order chi connectivity index (χ1) is 8.31. The standard InChI is InChI=1S/C13H21N3O/c1-3-16-8-7-11(10-16)9-14-12-5-4-6-13(15-12)17-2/h4-6,11H,3,7-10H2,1-2H3,(H,14,15). The predicted molar refractivity (Wildman–Crippen MR) is 69.5 cm³/mol. The number of aromatic nitrogens is 1. The Morgan fingerprint density at radius 2 is 2.41 bits per heavy atom. The molecule has 0 amide bonds. The van der Waals surface area contributed by atoms with Gasteiger partial charge in [-0.1, -0.05) is 13.0 Å². The number of methoxy groups -OCH3 is 1. The number of hydrogen-bond donors (Lipinski definition) is 1. The Morgan fingerprint density at radius 1 is 1.53 bits per heavy atom. The van der Waals surface area contributed by atoms with Gasteiger partial charge in [0.1, 0.15) is 5.82 Å². The fraction of sp³-hybridized carbons (Fsp3) is 0.615. The highest BCUT2D eigenvalue weighted by molar-refractivity contribution is 5.37. The Bertz CT molecular complexity index is 356. The highest BCUT2D eigenvalue weighted by Crippen LogP contribution is 2.17. The smallest absolute Gasteiger partial charge is 0.214 e. The fourth-order valence-electron chi connectivity index (χ4n) is 2.24. The van der Waals surface area contributed by atoms with Gasteiger partial charge in [0, 0.05) is 19.2 Å². The minimum atomic E-state index is 0.664. The maximum atomic E-state index is 5.10. The van der Waals surface area contributed by atoms with Gasteiger partial charge in [0.15, 0.2) is 0 Å². The summed E-state index contributed by atoms with van der Waals surface area (Å²) in [7, 11) is 1.64. The van der Waals surface area contributed by atoms with Crippen LogP contribution in [0.2, 0.25) is 0 Å². The van der Waals surface area contributed by atoms with Crippen LogP contribution in [0.15, 0.2) is 18.2 Å². The molecule has 17 heavy (non-hydrogen) atoms. The van der Waals surface area contributed by atoms with Crippen LogP contribution in [0.1, 0.15) is 13.3 Å². The molecule has 0 saturated carbocycles. The van der Waals surface area contributed by atoms with Crippen molar-refractivity contribution < 1.29 is 4.74 Å². The van der Waals surface area contributed by atoms with Crippen LogP contribution in [0.5, 0.6) is 5.88 Å². The Labute approximate surface area is 103 Å². The van der Waals surface area contributed by atoms with Crippen LogP contribution in [-0.2, 0) is 0 Å². The molecular formula is C13H21N3O. The summed E-state index contributed by atoms with van der Waals surface area (Å²) in [5.41, 5.74) is 0. The molecule has 1 fully saturated rings. The van der Waals surface area contributed by atoms with Gasteiger partial charge in [-0.25, -0.2) is 0 Å². The number of pyridine rings is 1. The van der Waals surface area contributed by atoms with E-state index in [1.165, 1.54) is 19.5 Å². The topological polar surface area (TPSA) is 37.4 Å². The maximum Gasteiger partial charge on any atom is 0.214 e. The summed E-state index contributed by atoms with van der Waals surface area (Å²) in [5.74, 6) is 2.30. The van der Waals surface area contributed by atoms with Crippen molar-refractivity contribution in [2.24, 2.45) is 5.92 Å². The SMILES string of the molecule is CCN1CCC(CNc2cccc(OC)n2)C1. The van der Waals surface area contributed by atoms with E-state index in [1.54, 1.807) is 7.11 Å². The summed E-state index contributed by atoms with van der Waals surface area (Å²) in [6.45, 7) is 6.81. The summed E-state index contributed by atoms with van der Waals surface area (Å²) < 4.78 is 5.10. The first-order valence-corrected chi connectivity index (χ1v) is 6.29. The number of likely N-dealkylation sites (tertiary alicyclic amines) is 1. The zero-order chi connectivity index (χ0) is 12.1. The molecule has 4 nitrogen and oxygen atoms in total. The first-order valence-electron chi connectivity index (χ1n) is 6.29. The van der Waals surface area contributed by atoms with E-state index >= 15 is 0 Å². The van der Waals surface area contributed by atoms with Gasteiger partial charge >= 0.3 is 0 Å². The van der Waals surface area contributed by atoms with Gasteiger partial charge in [0.25, 0.3) is 0 Å².